The molecule has 1 N–H and O–H groups in total. The molecule has 0 aliphatic heterocycles. The molecule has 6 nitrogen and oxygen atoms in total. The summed E-state index contributed by atoms with van der Waals surface area (Å²) in [7, 11) is 3.96. The Morgan fingerprint density at radius 2 is 2.12 bits per heavy atom. The molecule has 0 saturated heterocycles. The van der Waals surface area contributed by atoms with Crippen molar-refractivity contribution in [3.63, 3.8) is 0 Å². The van der Waals surface area contributed by atoms with Crippen LogP contribution in [0.4, 0.5) is 0 Å². The number of halogens is 2. The van der Waals surface area contributed by atoms with Crippen LogP contribution in [0.2, 0.25) is 0 Å². The average molecular weight is 519 g/mol. The quantitative estimate of drug-likeness (QED) is 0.276. The Kier molecular flexibility index (Phi) is 9.12. The SMILES string of the molecule is C=CCNC(=NCc1nnc(C)n1C)N(C)Cc1ccccc1Br.I. The molecule has 0 saturated carbocycles. The molecule has 0 aliphatic rings. The highest BCUT2D eigenvalue weighted by atomic mass is 127. The number of aliphatic imine (C=N–C) groups is 1. The predicted octanol–water partition coefficient (Wildman–Crippen LogP) is 3.27. The molecule has 0 aliphatic carbocycles. The smallest absolute Gasteiger partial charge is 0.194 e. The minimum atomic E-state index is 0. The van der Waals surface area contributed by atoms with E-state index in [1.54, 1.807) is 0 Å². The van der Waals surface area contributed by atoms with Gasteiger partial charge in [0.15, 0.2) is 11.8 Å². The Balaban J connectivity index is 0.00000312. The molecule has 0 unspecified atom stereocenters. The first-order chi connectivity index (χ1) is 11.5. The number of hydrogen-bond donors (Lipinski definition) is 1. The lowest BCUT2D eigenvalue weighted by atomic mass is 10.2. The minimum absolute atomic E-state index is 0. The second-order valence-corrected chi connectivity index (χ2v) is 6.33. The summed E-state index contributed by atoms with van der Waals surface area (Å²) in [6, 6.07) is 8.18. The van der Waals surface area contributed by atoms with Crippen LogP contribution >= 0.6 is 39.9 Å². The first-order valence-corrected chi connectivity index (χ1v) is 8.51. The van der Waals surface area contributed by atoms with Gasteiger partial charge in [0.1, 0.15) is 12.4 Å². The summed E-state index contributed by atoms with van der Waals surface area (Å²) in [6.45, 7) is 7.54. The average Bonchev–Trinajstić information content (AvgIpc) is 2.89. The second-order valence-electron chi connectivity index (χ2n) is 5.48. The lowest BCUT2D eigenvalue weighted by Crippen LogP contribution is -2.38. The second kappa shape index (κ2) is 10.5. The maximum absolute atomic E-state index is 4.68. The number of hydrogen-bond acceptors (Lipinski definition) is 3. The molecular formula is C17H24BrIN6. The summed E-state index contributed by atoms with van der Waals surface area (Å²) < 4.78 is 3.03. The van der Waals surface area contributed by atoms with Crippen molar-refractivity contribution in [3.8, 4) is 0 Å². The number of nitrogens with one attached hydrogen (secondary N) is 1. The molecule has 0 atom stereocenters. The molecule has 2 aromatic rings. The van der Waals surface area contributed by atoms with Crippen LogP contribution in [0.3, 0.4) is 0 Å². The van der Waals surface area contributed by atoms with Gasteiger partial charge in [0.25, 0.3) is 0 Å². The van der Waals surface area contributed by atoms with Crippen LogP contribution < -0.4 is 5.32 Å². The summed E-state index contributed by atoms with van der Waals surface area (Å²) in [5, 5.41) is 11.5. The standard InChI is InChI=1S/C17H23BrN6.HI/c1-5-10-19-17(20-11-16-22-21-13(2)24(16)4)23(3)12-14-8-6-7-9-15(14)18;/h5-9H,1,10-12H2,2-4H3,(H,19,20);1H. The number of guanidine groups is 1. The fraction of sp³-hybridized carbons (Fsp3) is 0.353. The van der Waals surface area contributed by atoms with E-state index in [0.717, 1.165) is 28.6 Å². The summed E-state index contributed by atoms with van der Waals surface area (Å²) in [5.41, 5.74) is 1.20. The monoisotopic (exact) mass is 518 g/mol. The van der Waals surface area contributed by atoms with Crippen molar-refractivity contribution >= 4 is 45.9 Å². The lowest BCUT2D eigenvalue weighted by molar-refractivity contribution is 0.476. The van der Waals surface area contributed by atoms with Crippen molar-refractivity contribution in [2.24, 2.45) is 12.0 Å². The normalized spacial score (nSPS) is 11.0. The van der Waals surface area contributed by atoms with Crippen LogP contribution in [-0.2, 0) is 20.1 Å². The molecule has 0 fully saturated rings. The van der Waals surface area contributed by atoms with Gasteiger partial charge in [0, 0.05) is 31.7 Å². The highest BCUT2D eigenvalue weighted by Crippen LogP contribution is 2.17. The van der Waals surface area contributed by atoms with Gasteiger partial charge in [-0.1, -0.05) is 40.2 Å². The minimum Gasteiger partial charge on any atom is -0.353 e. The zero-order chi connectivity index (χ0) is 17.5. The summed E-state index contributed by atoms with van der Waals surface area (Å²) in [6.07, 6.45) is 1.81. The number of rotatable bonds is 6. The van der Waals surface area contributed by atoms with Crippen LogP contribution in [0, 0.1) is 6.92 Å². The van der Waals surface area contributed by atoms with E-state index in [4.69, 9.17) is 0 Å². The molecule has 25 heavy (non-hydrogen) atoms. The molecule has 1 aromatic heterocycles. The molecule has 1 aromatic carbocycles. The number of nitrogens with zero attached hydrogens (tertiary/aromatic N) is 5. The van der Waals surface area contributed by atoms with Gasteiger partial charge in [-0.2, -0.15) is 0 Å². The third-order valence-electron chi connectivity index (χ3n) is 3.68. The van der Waals surface area contributed by atoms with Crippen molar-refractivity contribution < 1.29 is 0 Å². The number of aromatic nitrogens is 3. The first-order valence-electron chi connectivity index (χ1n) is 7.71. The fourth-order valence-corrected chi connectivity index (χ4v) is 2.58. The van der Waals surface area contributed by atoms with Gasteiger partial charge in [-0.05, 0) is 18.6 Å². The largest absolute Gasteiger partial charge is 0.353 e. The molecule has 1 heterocycles. The molecule has 0 bridgehead atoms. The Bertz CT molecular complexity index is 728. The van der Waals surface area contributed by atoms with Crippen LogP contribution in [0.15, 0.2) is 46.4 Å². The highest BCUT2D eigenvalue weighted by Gasteiger charge is 2.10. The van der Waals surface area contributed by atoms with E-state index >= 15 is 0 Å². The van der Waals surface area contributed by atoms with E-state index in [-0.39, 0.29) is 24.0 Å². The van der Waals surface area contributed by atoms with Gasteiger partial charge in [0.2, 0.25) is 0 Å². The molecule has 136 valence electrons. The van der Waals surface area contributed by atoms with E-state index in [1.165, 1.54) is 5.56 Å². The van der Waals surface area contributed by atoms with Gasteiger partial charge in [-0.15, -0.1) is 40.8 Å². The van der Waals surface area contributed by atoms with Gasteiger partial charge < -0.3 is 14.8 Å². The number of aryl methyl sites for hydroxylation is 1. The zero-order valence-corrected chi connectivity index (χ0v) is 18.7. The predicted molar refractivity (Wildman–Crippen MR) is 116 cm³/mol. The van der Waals surface area contributed by atoms with E-state index in [1.807, 2.05) is 49.9 Å². The maximum Gasteiger partial charge on any atom is 0.194 e. The third kappa shape index (κ3) is 6.10. The van der Waals surface area contributed by atoms with Gasteiger partial charge in [-0.25, -0.2) is 4.99 Å². The van der Waals surface area contributed by atoms with Crippen molar-refractivity contribution in [2.45, 2.75) is 20.0 Å². The van der Waals surface area contributed by atoms with E-state index in [2.05, 4.69) is 54.0 Å². The van der Waals surface area contributed by atoms with Gasteiger partial charge in [0.05, 0.1) is 0 Å². The zero-order valence-electron chi connectivity index (χ0n) is 14.7. The van der Waals surface area contributed by atoms with Crippen molar-refractivity contribution in [1.29, 1.82) is 0 Å². The molecule has 0 radical (unpaired) electrons. The fourth-order valence-electron chi connectivity index (χ4n) is 2.17. The van der Waals surface area contributed by atoms with Crippen LogP contribution in [0.1, 0.15) is 17.2 Å². The Hall–Kier alpha value is -1.42. The topological polar surface area (TPSA) is 58.3 Å². The van der Waals surface area contributed by atoms with Crippen molar-refractivity contribution in [3.05, 3.63) is 58.6 Å². The molecule has 0 amide bonds. The van der Waals surface area contributed by atoms with Crippen LogP contribution in [0.25, 0.3) is 0 Å². The van der Waals surface area contributed by atoms with E-state index in [9.17, 15) is 0 Å². The highest BCUT2D eigenvalue weighted by molar-refractivity contribution is 14.0. The Labute approximate surface area is 174 Å². The summed E-state index contributed by atoms with van der Waals surface area (Å²) in [4.78, 5) is 6.75. The van der Waals surface area contributed by atoms with Crippen molar-refractivity contribution in [1.82, 2.24) is 25.0 Å². The lowest BCUT2D eigenvalue weighted by Gasteiger charge is -2.22. The Morgan fingerprint density at radius 1 is 1.40 bits per heavy atom. The van der Waals surface area contributed by atoms with E-state index in [0.29, 0.717) is 13.1 Å². The summed E-state index contributed by atoms with van der Waals surface area (Å²) in [5.74, 6) is 2.51. The van der Waals surface area contributed by atoms with Crippen molar-refractivity contribution in [2.75, 3.05) is 13.6 Å². The van der Waals surface area contributed by atoms with Gasteiger partial charge in [-0.3, -0.25) is 0 Å². The molecule has 2 rings (SSSR count). The Morgan fingerprint density at radius 3 is 2.72 bits per heavy atom. The summed E-state index contributed by atoms with van der Waals surface area (Å²) >= 11 is 3.59. The molecule has 0 spiro atoms. The van der Waals surface area contributed by atoms with Gasteiger partial charge >= 0.3 is 0 Å². The third-order valence-corrected chi connectivity index (χ3v) is 4.46. The maximum atomic E-state index is 4.68. The molecular weight excluding hydrogens is 495 g/mol. The first kappa shape index (κ1) is 21.6. The van der Waals surface area contributed by atoms with Crippen LogP contribution in [-0.4, -0.2) is 39.2 Å². The van der Waals surface area contributed by atoms with E-state index < -0.39 is 0 Å². The molecule has 8 heteroatoms. The number of benzene rings is 1. The van der Waals surface area contributed by atoms with Crippen LogP contribution in [0.5, 0.6) is 0 Å².